The van der Waals surface area contributed by atoms with Gasteiger partial charge in [-0.1, -0.05) is 41.9 Å². The first-order valence-corrected chi connectivity index (χ1v) is 8.55. The number of carbonyl (C=O) groups excluding carboxylic acids is 1. The molecule has 5 nitrogen and oxygen atoms in total. The molecule has 2 rings (SSSR count). The van der Waals surface area contributed by atoms with Crippen molar-refractivity contribution in [1.82, 2.24) is 4.98 Å². The number of ketones is 1. The van der Waals surface area contributed by atoms with Gasteiger partial charge in [-0.3, -0.25) is 10.1 Å². The van der Waals surface area contributed by atoms with Crippen LogP contribution in [-0.2, 0) is 11.2 Å². The number of carbonyl (C=O) groups is 1. The highest BCUT2D eigenvalue weighted by atomic mass is 79.9. The maximum absolute atomic E-state index is 11.6. The Labute approximate surface area is 149 Å². The second kappa shape index (κ2) is 7.30. The summed E-state index contributed by atoms with van der Waals surface area (Å²) in [5, 5.41) is 11.6. The molecule has 6 heteroatoms. The quantitative estimate of drug-likeness (QED) is 0.550. The molecule has 24 heavy (non-hydrogen) atoms. The molecule has 0 radical (unpaired) electrons. The van der Waals surface area contributed by atoms with Crippen LogP contribution in [0.2, 0.25) is 0 Å². The molecule has 1 unspecified atom stereocenters. The van der Waals surface area contributed by atoms with Crippen LogP contribution in [0.3, 0.4) is 0 Å². The lowest BCUT2D eigenvalue weighted by Gasteiger charge is -2.27. The largest absolute Gasteiger partial charge is 0.364 e. The summed E-state index contributed by atoms with van der Waals surface area (Å²) in [6.07, 6.45) is 2.24. The Bertz CT molecular complexity index is 735. The van der Waals surface area contributed by atoms with Gasteiger partial charge in [0.05, 0.1) is 6.42 Å². The van der Waals surface area contributed by atoms with Gasteiger partial charge >= 0.3 is 0 Å². The van der Waals surface area contributed by atoms with Crippen LogP contribution >= 0.6 is 15.9 Å². The number of aromatic amines is 1. The van der Waals surface area contributed by atoms with E-state index in [1.807, 2.05) is 30.3 Å². The Hall–Kier alpha value is -1.95. The fraction of sp³-hybridized carbons (Fsp3) is 0.389. The molecule has 1 aromatic heterocycles. The van der Waals surface area contributed by atoms with Crippen molar-refractivity contribution >= 4 is 21.7 Å². The third kappa shape index (κ3) is 4.32. The van der Waals surface area contributed by atoms with E-state index in [4.69, 9.17) is 0 Å². The zero-order chi connectivity index (χ0) is 17.9. The number of H-pyrrole nitrogens is 1. The Morgan fingerprint density at radius 2 is 1.92 bits per heavy atom. The Balaban J connectivity index is 2.32. The molecule has 0 bridgehead atoms. The summed E-state index contributed by atoms with van der Waals surface area (Å²) in [6, 6.07) is 8.91. The van der Waals surface area contributed by atoms with E-state index in [2.05, 4.69) is 20.9 Å². The van der Waals surface area contributed by atoms with Gasteiger partial charge in [0.25, 0.3) is 0 Å². The van der Waals surface area contributed by atoms with Crippen LogP contribution in [0.5, 0.6) is 0 Å². The number of nitrogens with one attached hydrogen (secondary N) is 1. The lowest BCUT2D eigenvalue weighted by Crippen LogP contribution is -2.39. The van der Waals surface area contributed by atoms with E-state index in [-0.39, 0.29) is 23.5 Å². The smallest absolute Gasteiger partial charge is 0.224 e. The van der Waals surface area contributed by atoms with Crippen LogP contribution in [0.15, 0.2) is 41.0 Å². The van der Waals surface area contributed by atoms with Crippen molar-refractivity contribution in [2.45, 2.75) is 39.7 Å². The van der Waals surface area contributed by atoms with E-state index in [1.54, 1.807) is 20.0 Å². The molecule has 0 saturated heterocycles. The van der Waals surface area contributed by atoms with Gasteiger partial charge < -0.3 is 9.78 Å². The molecular formula is C18H21BrN2O3. The van der Waals surface area contributed by atoms with E-state index < -0.39 is 11.5 Å². The molecule has 128 valence electrons. The van der Waals surface area contributed by atoms with Gasteiger partial charge in [0.15, 0.2) is 0 Å². The molecule has 0 spiro atoms. The molecule has 0 aliphatic rings. The lowest BCUT2D eigenvalue weighted by molar-refractivity contribution is -0.540. The number of nitrogens with zero attached hydrogens (tertiary/aromatic N) is 1. The minimum atomic E-state index is -0.839. The van der Waals surface area contributed by atoms with E-state index in [9.17, 15) is 14.9 Å². The standard InChI is InChI=1S/C18H21BrN2O3/c1-12(22)11-18(2,3)17(21(23)24)10-16-15(8-9-20-16)13-4-6-14(19)7-5-13/h4-9,17,20H,10-11H2,1-3H3. The maximum atomic E-state index is 11.6. The topological polar surface area (TPSA) is 76.0 Å². The van der Waals surface area contributed by atoms with E-state index in [0.29, 0.717) is 0 Å². The highest BCUT2D eigenvalue weighted by Gasteiger charge is 2.40. The number of benzene rings is 1. The van der Waals surface area contributed by atoms with Crippen LogP contribution in [0, 0.1) is 15.5 Å². The van der Waals surface area contributed by atoms with E-state index in [1.165, 1.54) is 6.92 Å². The monoisotopic (exact) mass is 392 g/mol. The molecule has 0 amide bonds. The number of hydrogen-bond acceptors (Lipinski definition) is 3. The average molecular weight is 393 g/mol. The van der Waals surface area contributed by atoms with E-state index in [0.717, 1.165) is 21.3 Å². The third-order valence-corrected chi connectivity index (χ3v) is 4.78. The average Bonchev–Trinajstić information content (AvgIpc) is 2.92. The highest BCUT2D eigenvalue weighted by Crippen LogP contribution is 2.33. The number of Topliss-reactive ketones (excluding diaryl/α,β-unsaturated/α-hetero) is 1. The second-order valence-corrected chi connectivity index (χ2v) is 7.67. The van der Waals surface area contributed by atoms with Gasteiger partial charge in [0.1, 0.15) is 5.78 Å². The molecule has 0 saturated carbocycles. The van der Waals surface area contributed by atoms with Crippen molar-refractivity contribution in [3.05, 3.63) is 56.8 Å². The molecule has 0 aliphatic carbocycles. The highest BCUT2D eigenvalue weighted by molar-refractivity contribution is 9.10. The summed E-state index contributed by atoms with van der Waals surface area (Å²) >= 11 is 3.41. The first-order valence-electron chi connectivity index (χ1n) is 7.76. The van der Waals surface area contributed by atoms with Gasteiger partial charge in [-0.05, 0) is 30.7 Å². The van der Waals surface area contributed by atoms with Gasteiger partial charge in [0.2, 0.25) is 6.04 Å². The zero-order valence-corrected chi connectivity index (χ0v) is 15.6. The summed E-state index contributed by atoms with van der Waals surface area (Å²) in [7, 11) is 0. The Morgan fingerprint density at radius 1 is 1.29 bits per heavy atom. The normalized spacial score (nSPS) is 12.8. The molecule has 2 aromatic rings. The van der Waals surface area contributed by atoms with Crippen LogP contribution in [0.25, 0.3) is 11.1 Å². The summed E-state index contributed by atoms with van der Waals surface area (Å²) < 4.78 is 0.981. The van der Waals surface area contributed by atoms with Crippen molar-refractivity contribution in [2.75, 3.05) is 0 Å². The fourth-order valence-electron chi connectivity index (χ4n) is 3.06. The zero-order valence-electron chi connectivity index (χ0n) is 14.0. The molecular weight excluding hydrogens is 372 g/mol. The Morgan fingerprint density at radius 3 is 2.46 bits per heavy atom. The van der Waals surface area contributed by atoms with Gasteiger partial charge in [-0.2, -0.15) is 0 Å². The van der Waals surface area contributed by atoms with Crippen molar-refractivity contribution in [3.8, 4) is 11.1 Å². The molecule has 0 aliphatic heterocycles. The number of aromatic nitrogens is 1. The van der Waals surface area contributed by atoms with Crippen LogP contribution in [0.1, 0.15) is 32.9 Å². The summed E-state index contributed by atoms with van der Waals surface area (Å²) in [5.74, 6) is -0.0357. The predicted octanol–water partition coefficient (Wildman–Crippen LogP) is 4.64. The maximum Gasteiger partial charge on any atom is 0.224 e. The Kier molecular flexibility index (Phi) is 5.59. The summed E-state index contributed by atoms with van der Waals surface area (Å²) in [4.78, 5) is 26.0. The van der Waals surface area contributed by atoms with Crippen molar-refractivity contribution in [2.24, 2.45) is 5.41 Å². The number of nitro groups is 1. The third-order valence-electron chi connectivity index (χ3n) is 4.25. The van der Waals surface area contributed by atoms with Crippen molar-refractivity contribution in [1.29, 1.82) is 0 Å². The van der Waals surface area contributed by atoms with Crippen LogP contribution in [0.4, 0.5) is 0 Å². The van der Waals surface area contributed by atoms with Crippen LogP contribution < -0.4 is 0 Å². The van der Waals surface area contributed by atoms with Gasteiger partial charge in [-0.25, -0.2) is 0 Å². The van der Waals surface area contributed by atoms with Gasteiger partial charge in [-0.15, -0.1) is 0 Å². The summed E-state index contributed by atoms with van der Waals surface area (Å²) in [6.45, 7) is 5.04. The molecule has 1 aromatic carbocycles. The van der Waals surface area contributed by atoms with Crippen LogP contribution in [-0.4, -0.2) is 21.7 Å². The minimum Gasteiger partial charge on any atom is -0.364 e. The van der Waals surface area contributed by atoms with Crippen molar-refractivity contribution in [3.63, 3.8) is 0 Å². The number of halogens is 1. The number of rotatable bonds is 7. The predicted molar refractivity (Wildman–Crippen MR) is 97.5 cm³/mol. The van der Waals surface area contributed by atoms with Crippen molar-refractivity contribution < 1.29 is 9.72 Å². The molecule has 1 atom stereocenters. The lowest BCUT2D eigenvalue weighted by atomic mass is 9.78. The first-order chi connectivity index (χ1) is 11.2. The number of hydrogen-bond donors (Lipinski definition) is 1. The SMILES string of the molecule is CC(=O)CC(C)(C)C(Cc1[nH]ccc1-c1ccc(Br)cc1)[N+](=O)[O-]. The minimum absolute atomic E-state index is 0.0357. The molecule has 1 heterocycles. The first kappa shape index (κ1) is 18.4. The van der Waals surface area contributed by atoms with E-state index >= 15 is 0 Å². The summed E-state index contributed by atoms with van der Waals surface area (Å²) in [5.41, 5.74) is 2.06. The second-order valence-electron chi connectivity index (χ2n) is 6.75. The fourth-order valence-corrected chi connectivity index (χ4v) is 3.33. The van der Waals surface area contributed by atoms with Gasteiger partial charge in [0, 0.05) is 38.7 Å². The molecule has 1 N–H and O–H groups in total. The molecule has 0 fully saturated rings.